The van der Waals surface area contributed by atoms with Gasteiger partial charge in [0, 0.05) is 11.1 Å². The molecule has 2 rings (SSSR count). The Morgan fingerprint density at radius 3 is 2.82 bits per heavy atom. The van der Waals surface area contributed by atoms with E-state index in [0.29, 0.717) is 15.9 Å². The maximum Gasteiger partial charge on any atom is 0.180 e. The summed E-state index contributed by atoms with van der Waals surface area (Å²) in [5.41, 5.74) is 6.76. The van der Waals surface area contributed by atoms with Crippen LogP contribution in [0.1, 0.15) is 10.4 Å². The normalized spacial score (nSPS) is 10.5. The summed E-state index contributed by atoms with van der Waals surface area (Å²) >= 11 is 7.59. The molecule has 90 valence electrons. The van der Waals surface area contributed by atoms with Crippen LogP contribution in [0.4, 0.5) is 5.13 Å². The van der Waals surface area contributed by atoms with Gasteiger partial charge in [-0.2, -0.15) is 0 Å². The third kappa shape index (κ3) is 3.11. The average molecular weight is 269 g/mol. The first-order valence-corrected chi connectivity index (χ1v) is 6.41. The number of aryl methyl sites for hydroxylation is 2. The largest absolute Gasteiger partial charge is 0.495 e. The van der Waals surface area contributed by atoms with Crippen molar-refractivity contribution in [1.29, 1.82) is 0 Å². The van der Waals surface area contributed by atoms with Crippen LogP contribution in [0.3, 0.4) is 0 Å². The quantitative estimate of drug-likeness (QED) is 0.927. The molecule has 0 saturated carbocycles. The van der Waals surface area contributed by atoms with Crippen molar-refractivity contribution in [3.8, 4) is 5.75 Å². The highest BCUT2D eigenvalue weighted by molar-refractivity contribution is 7.15. The lowest BCUT2D eigenvalue weighted by Crippen LogP contribution is -1.91. The number of methoxy groups -OCH3 is 1. The third-order valence-electron chi connectivity index (χ3n) is 2.45. The first kappa shape index (κ1) is 12.2. The van der Waals surface area contributed by atoms with E-state index >= 15 is 0 Å². The molecule has 0 aliphatic heterocycles. The Morgan fingerprint density at radius 1 is 1.41 bits per heavy atom. The van der Waals surface area contributed by atoms with Crippen molar-refractivity contribution in [2.24, 2.45) is 0 Å². The highest BCUT2D eigenvalue weighted by atomic mass is 35.5. The number of nitrogens with zero attached hydrogens (tertiary/aromatic N) is 1. The predicted molar refractivity (Wildman–Crippen MR) is 71.9 cm³/mol. The Kier molecular flexibility index (Phi) is 3.86. The zero-order chi connectivity index (χ0) is 12.3. The first-order chi connectivity index (χ1) is 8.19. The Bertz CT molecular complexity index is 513. The van der Waals surface area contributed by atoms with Crippen molar-refractivity contribution in [2.75, 3.05) is 12.8 Å². The van der Waals surface area contributed by atoms with Gasteiger partial charge in [-0.25, -0.2) is 4.98 Å². The van der Waals surface area contributed by atoms with E-state index in [0.717, 1.165) is 12.8 Å². The molecule has 17 heavy (non-hydrogen) atoms. The van der Waals surface area contributed by atoms with E-state index in [1.54, 1.807) is 7.11 Å². The topological polar surface area (TPSA) is 48.1 Å². The number of rotatable bonds is 4. The standard InChI is InChI=1S/C12H13ClN2OS/c1-16-11-5-3-8(6-10(11)13)2-4-9-7-15-12(14)17-9/h3,5-7H,2,4H2,1H3,(H2,14,15). The van der Waals surface area contributed by atoms with Crippen LogP contribution in [0.2, 0.25) is 5.02 Å². The molecule has 0 aliphatic rings. The minimum Gasteiger partial charge on any atom is -0.495 e. The summed E-state index contributed by atoms with van der Waals surface area (Å²) in [7, 11) is 1.61. The fourth-order valence-corrected chi connectivity index (χ4v) is 2.54. The molecule has 1 aromatic carbocycles. The molecule has 2 aromatic rings. The van der Waals surface area contributed by atoms with Crippen LogP contribution in [-0.2, 0) is 12.8 Å². The average Bonchev–Trinajstić information content (AvgIpc) is 2.73. The van der Waals surface area contributed by atoms with E-state index in [1.807, 2.05) is 24.4 Å². The summed E-state index contributed by atoms with van der Waals surface area (Å²) in [4.78, 5) is 5.21. The number of ether oxygens (including phenoxy) is 1. The molecule has 0 spiro atoms. The van der Waals surface area contributed by atoms with Gasteiger partial charge in [0.1, 0.15) is 5.75 Å². The number of thiazole rings is 1. The smallest absolute Gasteiger partial charge is 0.180 e. The van der Waals surface area contributed by atoms with Crippen LogP contribution in [0.15, 0.2) is 24.4 Å². The summed E-state index contributed by atoms with van der Waals surface area (Å²) < 4.78 is 5.11. The number of nitrogens with two attached hydrogens (primary N) is 1. The molecule has 1 heterocycles. The van der Waals surface area contributed by atoms with E-state index in [4.69, 9.17) is 22.1 Å². The zero-order valence-corrected chi connectivity index (χ0v) is 11.0. The van der Waals surface area contributed by atoms with Gasteiger partial charge < -0.3 is 10.5 Å². The number of hydrogen-bond donors (Lipinski definition) is 1. The molecule has 0 amide bonds. The number of aromatic nitrogens is 1. The van der Waals surface area contributed by atoms with Gasteiger partial charge in [0.15, 0.2) is 5.13 Å². The van der Waals surface area contributed by atoms with Gasteiger partial charge in [0.25, 0.3) is 0 Å². The van der Waals surface area contributed by atoms with E-state index in [2.05, 4.69) is 4.98 Å². The molecule has 0 unspecified atom stereocenters. The van der Waals surface area contributed by atoms with Crippen LogP contribution in [0.25, 0.3) is 0 Å². The van der Waals surface area contributed by atoms with E-state index < -0.39 is 0 Å². The minimum atomic E-state index is 0.618. The number of nitrogen functional groups attached to an aromatic ring is 1. The second-order valence-electron chi connectivity index (χ2n) is 3.63. The van der Waals surface area contributed by atoms with E-state index in [1.165, 1.54) is 21.8 Å². The summed E-state index contributed by atoms with van der Waals surface area (Å²) in [6.07, 6.45) is 3.67. The lowest BCUT2D eigenvalue weighted by Gasteiger charge is -2.05. The van der Waals surface area contributed by atoms with Gasteiger partial charge in [-0.15, -0.1) is 11.3 Å². The second kappa shape index (κ2) is 5.38. The van der Waals surface area contributed by atoms with Gasteiger partial charge in [0.2, 0.25) is 0 Å². The van der Waals surface area contributed by atoms with Crippen LogP contribution in [0.5, 0.6) is 5.75 Å². The summed E-state index contributed by atoms with van der Waals surface area (Å²) in [5.74, 6) is 0.706. The van der Waals surface area contributed by atoms with Crippen molar-refractivity contribution < 1.29 is 4.74 Å². The highest BCUT2D eigenvalue weighted by Gasteiger charge is 2.03. The number of hydrogen-bond acceptors (Lipinski definition) is 4. The number of benzene rings is 1. The Balaban J connectivity index is 2.02. The van der Waals surface area contributed by atoms with E-state index in [9.17, 15) is 0 Å². The fourth-order valence-electron chi connectivity index (χ4n) is 1.57. The Labute approximate surface area is 109 Å². The molecule has 0 aliphatic carbocycles. The van der Waals surface area contributed by atoms with Crippen molar-refractivity contribution in [3.63, 3.8) is 0 Å². The fraction of sp³-hybridized carbons (Fsp3) is 0.250. The molecule has 0 radical (unpaired) electrons. The maximum absolute atomic E-state index is 6.06. The maximum atomic E-state index is 6.06. The van der Waals surface area contributed by atoms with Crippen molar-refractivity contribution in [3.05, 3.63) is 39.9 Å². The molecular formula is C12H13ClN2OS. The van der Waals surface area contributed by atoms with Crippen LogP contribution in [0, 0.1) is 0 Å². The molecule has 0 atom stereocenters. The molecule has 2 N–H and O–H groups in total. The summed E-state index contributed by atoms with van der Waals surface area (Å²) in [6.45, 7) is 0. The highest BCUT2D eigenvalue weighted by Crippen LogP contribution is 2.26. The van der Waals surface area contributed by atoms with Crippen LogP contribution < -0.4 is 10.5 Å². The Morgan fingerprint density at radius 2 is 2.24 bits per heavy atom. The van der Waals surface area contributed by atoms with Crippen molar-refractivity contribution in [2.45, 2.75) is 12.8 Å². The number of halogens is 1. The molecule has 1 aromatic heterocycles. The zero-order valence-electron chi connectivity index (χ0n) is 9.44. The molecule has 5 heteroatoms. The summed E-state index contributed by atoms with van der Waals surface area (Å²) in [6, 6.07) is 5.85. The molecule has 3 nitrogen and oxygen atoms in total. The van der Waals surface area contributed by atoms with Gasteiger partial charge in [-0.05, 0) is 30.5 Å². The van der Waals surface area contributed by atoms with Gasteiger partial charge in [-0.1, -0.05) is 17.7 Å². The monoisotopic (exact) mass is 268 g/mol. The third-order valence-corrected chi connectivity index (χ3v) is 3.63. The van der Waals surface area contributed by atoms with Crippen LogP contribution in [-0.4, -0.2) is 12.1 Å². The SMILES string of the molecule is COc1ccc(CCc2cnc(N)s2)cc1Cl. The lowest BCUT2D eigenvalue weighted by atomic mass is 10.1. The van der Waals surface area contributed by atoms with Crippen LogP contribution >= 0.6 is 22.9 Å². The first-order valence-electron chi connectivity index (χ1n) is 5.21. The minimum absolute atomic E-state index is 0.618. The van der Waals surface area contributed by atoms with Crippen molar-refractivity contribution in [1.82, 2.24) is 4.98 Å². The predicted octanol–water partition coefficient (Wildman–Crippen LogP) is 3.17. The molecule has 0 bridgehead atoms. The Hall–Kier alpha value is -1.26. The molecule has 0 saturated heterocycles. The summed E-state index contributed by atoms with van der Waals surface area (Å²) in [5, 5.41) is 1.27. The van der Waals surface area contributed by atoms with Gasteiger partial charge in [0.05, 0.1) is 12.1 Å². The lowest BCUT2D eigenvalue weighted by molar-refractivity contribution is 0.415. The van der Waals surface area contributed by atoms with Gasteiger partial charge >= 0.3 is 0 Å². The molecule has 0 fully saturated rings. The molecular weight excluding hydrogens is 256 g/mol. The van der Waals surface area contributed by atoms with E-state index in [-0.39, 0.29) is 0 Å². The van der Waals surface area contributed by atoms with Crippen molar-refractivity contribution >= 4 is 28.1 Å². The number of anilines is 1. The van der Waals surface area contributed by atoms with Gasteiger partial charge in [-0.3, -0.25) is 0 Å². The second-order valence-corrected chi connectivity index (χ2v) is 5.19.